The average molecular weight is 466 g/mol. The average Bonchev–Trinajstić information content (AvgIpc) is 2.95. The lowest BCUT2D eigenvalue weighted by Gasteiger charge is -2.32. The molecule has 1 saturated heterocycles. The van der Waals surface area contributed by atoms with E-state index in [4.69, 9.17) is 26.2 Å². The molecule has 7 nitrogen and oxygen atoms in total. The predicted molar refractivity (Wildman–Crippen MR) is 122 cm³/mol. The van der Waals surface area contributed by atoms with Crippen LogP contribution in [-0.4, -0.2) is 34.8 Å². The van der Waals surface area contributed by atoms with E-state index in [9.17, 15) is 9.59 Å². The molecule has 0 saturated carbocycles. The summed E-state index contributed by atoms with van der Waals surface area (Å²) in [6.07, 6.45) is 1.30. The minimum atomic E-state index is -1.52. The maximum absolute atomic E-state index is 12.4. The van der Waals surface area contributed by atoms with Crippen LogP contribution in [0.25, 0.3) is 5.69 Å². The van der Waals surface area contributed by atoms with Gasteiger partial charge in [-0.2, -0.15) is 5.10 Å². The van der Waals surface area contributed by atoms with E-state index in [2.05, 4.69) is 17.4 Å². The Bertz CT molecular complexity index is 1200. The Morgan fingerprint density at radius 3 is 2.52 bits per heavy atom. The topological polar surface area (TPSA) is 82.5 Å². The second-order valence-corrected chi connectivity index (χ2v) is 8.81. The molecule has 0 amide bonds. The molecule has 1 N–H and O–H groups in total. The van der Waals surface area contributed by atoms with E-state index >= 15 is 0 Å². The molecule has 170 valence electrons. The van der Waals surface area contributed by atoms with E-state index in [-0.39, 0.29) is 19.4 Å². The monoisotopic (exact) mass is 465 g/mol. The molecule has 5 rings (SSSR count). The summed E-state index contributed by atoms with van der Waals surface area (Å²) in [4.78, 5) is 24.7. The molecule has 2 aromatic carbocycles. The lowest BCUT2D eigenvalue weighted by atomic mass is 9.96. The summed E-state index contributed by atoms with van der Waals surface area (Å²) in [6, 6.07) is 15.7. The van der Waals surface area contributed by atoms with Gasteiger partial charge < -0.3 is 14.8 Å². The van der Waals surface area contributed by atoms with E-state index in [1.54, 1.807) is 12.1 Å². The molecule has 0 aliphatic carbocycles. The zero-order valence-electron chi connectivity index (χ0n) is 18.3. The van der Waals surface area contributed by atoms with Crippen molar-refractivity contribution in [2.24, 2.45) is 0 Å². The van der Waals surface area contributed by atoms with Crippen molar-refractivity contribution in [1.29, 1.82) is 0 Å². The Morgan fingerprint density at radius 2 is 1.79 bits per heavy atom. The van der Waals surface area contributed by atoms with Crippen molar-refractivity contribution in [2.45, 2.75) is 38.4 Å². The van der Waals surface area contributed by atoms with Gasteiger partial charge in [0.25, 0.3) is 5.79 Å². The summed E-state index contributed by atoms with van der Waals surface area (Å²) in [6.45, 7) is 2.76. The minimum absolute atomic E-state index is 0.00251. The van der Waals surface area contributed by atoms with Crippen LogP contribution in [0.15, 0.2) is 48.5 Å². The maximum Gasteiger partial charge on any atom is 0.309 e. The Labute approximate surface area is 196 Å². The molecule has 0 unspecified atom stereocenters. The number of carbonyl (C=O) groups is 2. The Morgan fingerprint density at radius 1 is 1.06 bits per heavy atom. The van der Waals surface area contributed by atoms with Crippen LogP contribution in [0, 0.1) is 6.92 Å². The Kier molecular flexibility index (Phi) is 5.68. The van der Waals surface area contributed by atoms with Crippen LogP contribution < -0.4 is 5.32 Å². The number of aryl methyl sites for hydroxylation is 1. The molecule has 1 aromatic heterocycles. The first kappa shape index (κ1) is 21.7. The van der Waals surface area contributed by atoms with Gasteiger partial charge in [0.05, 0.1) is 35.8 Å². The largest absolute Gasteiger partial charge is 0.416 e. The fourth-order valence-corrected chi connectivity index (χ4v) is 4.80. The molecule has 1 spiro atoms. The summed E-state index contributed by atoms with van der Waals surface area (Å²) in [5.74, 6) is -2.45. The van der Waals surface area contributed by atoms with E-state index in [0.717, 1.165) is 17.0 Å². The number of hydrogen-bond donors (Lipinski definition) is 1. The van der Waals surface area contributed by atoms with Crippen LogP contribution in [0.1, 0.15) is 40.9 Å². The first-order valence-electron chi connectivity index (χ1n) is 11.0. The highest BCUT2D eigenvalue weighted by Crippen LogP contribution is 2.39. The quantitative estimate of drug-likeness (QED) is 0.595. The number of carbonyl (C=O) groups excluding carboxylic acids is 2. The van der Waals surface area contributed by atoms with Crippen LogP contribution >= 0.6 is 11.6 Å². The van der Waals surface area contributed by atoms with Gasteiger partial charge in [-0.15, -0.1) is 0 Å². The van der Waals surface area contributed by atoms with Crippen molar-refractivity contribution < 1.29 is 19.1 Å². The second-order valence-electron chi connectivity index (χ2n) is 8.40. The lowest BCUT2D eigenvalue weighted by Crippen LogP contribution is -2.43. The minimum Gasteiger partial charge on any atom is -0.416 e. The number of ether oxygens (including phenoxy) is 2. The molecule has 3 aromatic rings. The number of fused-ring (bicyclic) bond motifs is 2. The third kappa shape index (κ3) is 4.14. The third-order valence-corrected chi connectivity index (χ3v) is 6.33. The first-order valence-corrected chi connectivity index (χ1v) is 11.4. The van der Waals surface area contributed by atoms with Crippen molar-refractivity contribution in [3.05, 3.63) is 81.6 Å². The Balaban J connectivity index is 1.62. The zero-order chi connectivity index (χ0) is 23.0. The van der Waals surface area contributed by atoms with E-state index in [1.165, 1.54) is 5.56 Å². The van der Waals surface area contributed by atoms with Crippen LogP contribution in [0.4, 0.5) is 0 Å². The summed E-state index contributed by atoms with van der Waals surface area (Å²) in [5.41, 5.74) is 5.19. The van der Waals surface area contributed by atoms with Crippen molar-refractivity contribution in [3.63, 3.8) is 0 Å². The van der Waals surface area contributed by atoms with Crippen molar-refractivity contribution in [2.75, 3.05) is 13.1 Å². The van der Waals surface area contributed by atoms with Crippen molar-refractivity contribution in [3.8, 4) is 5.69 Å². The number of aromatic nitrogens is 2. The van der Waals surface area contributed by atoms with Crippen molar-refractivity contribution >= 4 is 23.5 Å². The van der Waals surface area contributed by atoms with Gasteiger partial charge >= 0.3 is 11.9 Å². The highest BCUT2D eigenvalue weighted by Gasteiger charge is 2.46. The third-order valence-electron chi connectivity index (χ3n) is 6.02. The Hall–Kier alpha value is -3.16. The van der Waals surface area contributed by atoms with Gasteiger partial charge in [0.1, 0.15) is 0 Å². The molecule has 0 radical (unpaired) electrons. The molecule has 0 atom stereocenters. The second kappa shape index (κ2) is 8.65. The number of halogens is 1. The van der Waals surface area contributed by atoms with E-state index in [0.29, 0.717) is 35.7 Å². The fourth-order valence-electron chi connectivity index (χ4n) is 4.54. The van der Waals surface area contributed by atoms with Gasteiger partial charge in [0, 0.05) is 17.7 Å². The predicted octanol–water partition coefficient (Wildman–Crippen LogP) is 3.60. The molecule has 0 bridgehead atoms. The summed E-state index contributed by atoms with van der Waals surface area (Å²) >= 11 is 6.71. The fraction of sp³-hybridized carbons (Fsp3) is 0.320. The number of nitrogens with one attached hydrogen (secondary N) is 1. The van der Waals surface area contributed by atoms with Gasteiger partial charge in [-0.05, 0) is 49.2 Å². The van der Waals surface area contributed by atoms with E-state index in [1.807, 2.05) is 35.9 Å². The number of rotatable bonds is 3. The van der Waals surface area contributed by atoms with Gasteiger partial charge in [0.15, 0.2) is 0 Å². The summed E-state index contributed by atoms with van der Waals surface area (Å²) < 4.78 is 13.3. The molecule has 8 heteroatoms. The van der Waals surface area contributed by atoms with Gasteiger partial charge in [-0.1, -0.05) is 41.9 Å². The van der Waals surface area contributed by atoms with Crippen LogP contribution in [-0.2, 0) is 37.7 Å². The maximum atomic E-state index is 12.4. The SMILES string of the molecule is Cc1cc(Cc2ccccc2)nn1-c1c(Cl)ccc2c1CCNCC21OC(=O)CCC(=O)O1. The van der Waals surface area contributed by atoms with Gasteiger partial charge in [0.2, 0.25) is 0 Å². The highest BCUT2D eigenvalue weighted by atomic mass is 35.5. The summed E-state index contributed by atoms with van der Waals surface area (Å²) in [5, 5.41) is 8.62. The molecule has 2 aliphatic heterocycles. The zero-order valence-corrected chi connectivity index (χ0v) is 19.0. The number of esters is 2. The highest BCUT2D eigenvalue weighted by molar-refractivity contribution is 6.32. The van der Waals surface area contributed by atoms with Crippen LogP contribution in [0.3, 0.4) is 0 Å². The van der Waals surface area contributed by atoms with Gasteiger partial charge in [-0.25, -0.2) is 4.68 Å². The molecular formula is C25H24ClN3O4. The van der Waals surface area contributed by atoms with Crippen LogP contribution in [0.2, 0.25) is 5.02 Å². The number of hydrogen-bond acceptors (Lipinski definition) is 6. The lowest BCUT2D eigenvalue weighted by molar-refractivity contribution is -0.225. The number of benzene rings is 2. The van der Waals surface area contributed by atoms with Crippen LogP contribution in [0.5, 0.6) is 0 Å². The van der Waals surface area contributed by atoms with Gasteiger partial charge in [-0.3, -0.25) is 9.59 Å². The standard InChI is InChI=1S/C25H24ClN3O4/c1-16-13-18(14-17-5-3-2-4-6-17)28-29(16)24-19-11-12-27-15-25(20(19)7-8-21(24)26)32-22(30)9-10-23(31)33-25/h2-8,13,27H,9-12,14-15H2,1H3. The molecule has 2 aliphatic rings. The van der Waals surface area contributed by atoms with Crippen molar-refractivity contribution in [1.82, 2.24) is 15.1 Å². The smallest absolute Gasteiger partial charge is 0.309 e. The normalized spacial score (nSPS) is 17.6. The molecule has 1 fully saturated rings. The molecular weight excluding hydrogens is 442 g/mol. The number of nitrogens with zero attached hydrogens (tertiary/aromatic N) is 2. The molecule has 3 heterocycles. The molecule has 33 heavy (non-hydrogen) atoms. The summed E-state index contributed by atoms with van der Waals surface area (Å²) in [7, 11) is 0. The first-order chi connectivity index (χ1) is 15.9. The van der Waals surface area contributed by atoms with E-state index < -0.39 is 17.7 Å².